The summed E-state index contributed by atoms with van der Waals surface area (Å²) in [6, 6.07) is 18.4. The van der Waals surface area contributed by atoms with E-state index in [2.05, 4.69) is 52.6 Å². The summed E-state index contributed by atoms with van der Waals surface area (Å²) < 4.78 is 0. The maximum Gasteiger partial charge on any atom is 0.327 e. The number of aromatic amines is 2. The number of carbonyl (C=O) groups excluding carboxylic acids is 9. The van der Waals surface area contributed by atoms with Gasteiger partial charge in [0.05, 0.1) is 18.3 Å². The lowest BCUT2D eigenvalue weighted by molar-refractivity contribution is -0.141. The molecule has 0 aliphatic carbocycles. The average molecular weight is 1090 g/mol. The van der Waals surface area contributed by atoms with Crippen LogP contribution in [-0.2, 0) is 67.2 Å². The number of carbonyl (C=O) groups is 10. The van der Waals surface area contributed by atoms with Gasteiger partial charge in [-0.1, -0.05) is 86.0 Å². The largest absolute Gasteiger partial charge is 0.480 e. The van der Waals surface area contributed by atoms with Gasteiger partial charge in [-0.3, -0.25) is 59.3 Å². The summed E-state index contributed by atoms with van der Waals surface area (Å²) in [6.07, 6.45) is 7.48. The number of carboxylic acid groups (broad SMARTS) is 1. The first-order chi connectivity index (χ1) is 37.6. The van der Waals surface area contributed by atoms with Gasteiger partial charge in [0.25, 0.3) is 0 Å². The molecule has 5 atom stereocenters. The van der Waals surface area contributed by atoms with Gasteiger partial charge < -0.3 is 52.3 Å². The molecule has 1 aliphatic rings. The Kier molecular flexibility index (Phi) is 22.8. The molecule has 23 nitrogen and oxygen atoms in total. The quantitative estimate of drug-likeness (QED) is 0.0122. The van der Waals surface area contributed by atoms with Gasteiger partial charge in [-0.2, -0.15) is 0 Å². The highest BCUT2D eigenvalue weighted by Crippen LogP contribution is 2.26. The molecular formula is C54H68N12O11S. The van der Waals surface area contributed by atoms with Crippen molar-refractivity contribution in [2.45, 2.75) is 100 Å². The van der Waals surface area contributed by atoms with Gasteiger partial charge in [-0.25, -0.2) is 4.79 Å². The fourth-order valence-electron chi connectivity index (χ4n) is 8.92. The summed E-state index contributed by atoms with van der Waals surface area (Å²) in [5, 5.41) is 28.7. The first-order valence-corrected chi connectivity index (χ1v) is 26.9. The Hall–Kier alpha value is -8.09. The average Bonchev–Trinajstić information content (AvgIpc) is 4.13. The number of H-pyrrole nitrogens is 2. The van der Waals surface area contributed by atoms with Crippen LogP contribution in [0.2, 0.25) is 0 Å². The van der Waals surface area contributed by atoms with E-state index in [0.29, 0.717) is 24.1 Å². The number of nitrogens with two attached hydrogens (primary N) is 1. The van der Waals surface area contributed by atoms with Gasteiger partial charge in [0.2, 0.25) is 53.2 Å². The lowest BCUT2D eigenvalue weighted by Crippen LogP contribution is -2.57. The molecular weight excluding hydrogens is 1020 g/mol. The molecule has 1 fully saturated rings. The molecule has 78 heavy (non-hydrogen) atoms. The Morgan fingerprint density at radius 1 is 0.628 bits per heavy atom. The van der Waals surface area contributed by atoms with Crippen molar-refractivity contribution < 1.29 is 53.1 Å². The van der Waals surface area contributed by atoms with Crippen molar-refractivity contribution in [3.63, 3.8) is 0 Å². The summed E-state index contributed by atoms with van der Waals surface area (Å²) in [6.45, 7) is -0.734. The van der Waals surface area contributed by atoms with Crippen molar-refractivity contribution in [3.05, 3.63) is 108 Å². The zero-order valence-corrected chi connectivity index (χ0v) is 44.1. The maximum atomic E-state index is 14.6. The Morgan fingerprint density at radius 2 is 1.15 bits per heavy atom. The van der Waals surface area contributed by atoms with E-state index in [4.69, 9.17) is 5.84 Å². The summed E-state index contributed by atoms with van der Waals surface area (Å²) in [7, 11) is 1.42. The number of aliphatic carboxylic acids is 1. The van der Waals surface area contributed by atoms with Crippen molar-refractivity contribution in [2.24, 2.45) is 5.84 Å². The Labute approximate surface area is 454 Å². The summed E-state index contributed by atoms with van der Waals surface area (Å²) in [4.78, 5) is 140. The molecule has 3 aromatic carbocycles. The molecule has 24 heteroatoms. The second kappa shape index (κ2) is 30.0. The fourth-order valence-corrected chi connectivity index (χ4v) is 10.1. The fraction of sp³-hybridized carbons (Fsp3) is 0.407. The molecule has 5 aromatic rings. The molecule has 0 spiro atoms. The SMILES string of the molecule is CNC(=O)CCN1C(=O)CC(SCC(NC(=O)CNC(=O)C(Cc2c[nH]c3ccccc23)NC(=O)C(Cc2c[nH]c3ccccc23)NC(=O)CNC(=O)C(Cc2ccccc2)NC(=O)CCCCCCCNN)C(=O)O)C1=O. The number of nitrogens with one attached hydrogen (secondary N) is 10. The minimum Gasteiger partial charge on any atom is -0.480 e. The Balaban J connectivity index is 1.13. The number of carboxylic acids is 1. The first-order valence-electron chi connectivity index (χ1n) is 25.8. The van der Waals surface area contributed by atoms with Crippen LogP contribution in [0, 0.1) is 0 Å². The normalized spacial score (nSPS) is 14.7. The predicted molar refractivity (Wildman–Crippen MR) is 292 cm³/mol. The van der Waals surface area contributed by atoms with Crippen LogP contribution in [0.15, 0.2) is 91.3 Å². The van der Waals surface area contributed by atoms with Gasteiger partial charge in [-0.15, -0.1) is 11.8 Å². The molecule has 13 N–H and O–H groups in total. The molecule has 5 unspecified atom stereocenters. The number of amides is 9. The zero-order chi connectivity index (χ0) is 56.0. The van der Waals surface area contributed by atoms with Crippen molar-refractivity contribution in [1.82, 2.24) is 57.5 Å². The number of hydrogen-bond acceptors (Lipinski definition) is 13. The molecule has 1 saturated heterocycles. The molecule has 0 bridgehead atoms. The van der Waals surface area contributed by atoms with Crippen LogP contribution in [0.3, 0.4) is 0 Å². The molecule has 0 saturated carbocycles. The van der Waals surface area contributed by atoms with Crippen LogP contribution in [0.1, 0.15) is 68.1 Å². The maximum absolute atomic E-state index is 14.6. The van der Waals surface area contributed by atoms with Crippen LogP contribution in [0.4, 0.5) is 0 Å². The van der Waals surface area contributed by atoms with Gasteiger partial charge in [-0.05, 0) is 41.7 Å². The zero-order valence-electron chi connectivity index (χ0n) is 43.3. The number of benzene rings is 3. The van der Waals surface area contributed by atoms with Crippen LogP contribution >= 0.6 is 11.8 Å². The third-order valence-corrected chi connectivity index (χ3v) is 14.4. The van der Waals surface area contributed by atoms with E-state index in [-0.39, 0.29) is 62.6 Å². The molecule has 6 rings (SSSR count). The van der Waals surface area contributed by atoms with Crippen molar-refractivity contribution >= 4 is 92.7 Å². The molecule has 9 amide bonds. The smallest absolute Gasteiger partial charge is 0.327 e. The summed E-state index contributed by atoms with van der Waals surface area (Å²) in [5.41, 5.74) is 6.18. The van der Waals surface area contributed by atoms with E-state index in [1.165, 1.54) is 7.05 Å². The number of imide groups is 1. The van der Waals surface area contributed by atoms with Crippen molar-refractivity contribution in [3.8, 4) is 0 Å². The van der Waals surface area contributed by atoms with Gasteiger partial charge in [0, 0.05) is 98.6 Å². The van der Waals surface area contributed by atoms with Crippen molar-refractivity contribution in [2.75, 3.05) is 39.0 Å². The predicted octanol–water partition coefficient (Wildman–Crippen LogP) is 0.734. The second-order valence-corrected chi connectivity index (χ2v) is 20.1. The number of para-hydroxylation sites is 2. The summed E-state index contributed by atoms with van der Waals surface area (Å²) >= 11 is 0.861. The van der Waals surface area contributed by atoms with Crippen LogP contribution in [-0.4, -0.2) is 148 Å². The molecule has 1 aliphatic heterocycles. The minimum atomic E-state index is -1.54. The lowest BCUT2D eigenvalue weighted by Gasteiger charge is -2.24. The molecule has 3 heterocycles. The number of aromatic nitrogens is 2. The van der Waals surface area contributed by atoms with Gasteiger partial charge in [0.1, 0.15) is 24.2 Å². The number of rotatable bonds is 32. The lowest BCUT2D eigenvalue weighted by atomic mass is 10.0. The van der Waals surface area contributed by atoms with E-state index in [1.807, 2.05) is 72.8 Å². The Morgan fingerprint density at radius 3 is 1.74 bits per heavy atom. The second-order valence-electron chi connectivity index (χ2n) is 18.8. The third-order valence-electron chi connectivity index (χ3n) is 13.1. The van der Waals surface area contributed by atoms with Crippen LogP contribution < -0.4 is 48.5 Å². The van der Waals surface area contributed by atoms with Gasteiger partial charge in [0.15, 0.2) is 0 Å². The number of fused-ring (bicyclic) bond motifs is 2. The molecule has 0 radical (unpaired) electrons. The number of nitrogens with zero attached hydrogens (tertiary/aromatic N) is 1. The highest BCUT2D eigenvalue weighted by molar-refractivity contribution is 8.00. The third kappa shape index (κ3) is 17.7. The number of hydrazine groups is 1. The monoisotopic (exact) mass is 1090 g/mol. The van der Waals surface area contributed by atoms with E-state index in [9.17, 15) is 53.1 Å². The highest BCUT2D eigenvalue weighted by Gasteiger charge is 2.40. The topological polar surface area (TPSA) is 348 Å². The number of thioether (sulfide) groups is 1. The van der Waals surface area contributed by atoms with Crippen molar-refractivity contribution in [1.29, 1.82) is 0 Å². The van der Waals surface area contributed by atoms with E-state index in [1.54, 1.807) is 18.5 Å². The van der Waals surface area contributed by atoms with Crippen LogP contribution in [0.25, 0.3) is 21.8 Å². The van der Waals surface area contributed by atoms with Gasteiger partial charge >= 0.3 is 5.97 Å². The van der Waals surface area contributed by atoms with E-state index in [0.717, 1.165) is 69.7 Å². The molecule has 2 aromatic heterocycles. The number of likely N-dealkylation sites (tertiary alicyclic amines) is 1. The molecule has 416 valence electrons. The highest BCUT2D eigenvalue weighted by atomic mass is 32.2. The Bertz CT molecular complexity index is 2910. The standard InChI is InChI=1S/C54H68N12O11S/c1-56-45(67)21-23-66-49(71)27-44(53(66)75)78-32-43(54(76)77)64-48(70)31-60-51(73)41(25-34-28-57-38-18-11-9-16-36(34)38)65-52(74)42(26-35-29-58-39-19-12-10-17-37(35)39)63-47(69)30-59-50(72)40(24-33-14-6-5-7-15-33)62-46(68)20-8-3-2-4-13-22-61-55/h5-7,9-12,14-19,28-29,40-44,57-58,61H,2-4,8,13,20-27,30-32,55H2,1H3,(H,56,67)(H,59,72)(H,60,73)(H,62,68)(H,63,69)(H,64,70)(H,65,74)(H,76,77). The van der Waals surface area contributed by atoms with Crippen LogP contribution in [0.5, 0.6) is 0 Å². The van der Waals surface area contributed by atoms with E-state index < -0.39 is 89.8 Å². The number of hydrogen-bond donors (Lipinski definition) is 12. The summed E-state index contributed by atoms with van der Waals surface area (Å²) in [5.74, 6) is -2.07. The number of unbranched alkanes of at least 4 members (excludes halogenated alkanes) is 4. The minimum absolute atomic E-state index is 0.0702. The first kappa shape index (κ1) is 59.2. The van der Waals surface area contributed by atoms with E-state index >= 15 is 0 Å².